The van der Waals surface area contributed by atoms with E-state index in [0.29, 0.717) is 25.7 Å². The second-order valence-electron chi connectivity index (χ2n) is 5.55. The van der Waals surface area contributed by atoms with Crippen LogP contribution in [-0.2, 0) is 19.1 Å². The maximum absolute atomic E-state index is 11.5. The fourth-order valence-electron chi connectivity index (χ4n) is 2.57. The molecule has 1 aliphatic rings. The third-order valence-corrected chi connectivity index (χ3v) is 4.16. The van der Waals surface area contributed by atoms with Crippen molar-refractivity contribution in [2.45, 2.75) is 31.8 Å². The predicted octanol–water partition coefficient (Wildman–Crippen LogP) is 0.774. The molecule has 1 fully saturated rings. The SMILES string of the molecule is COC(=O)C1CCC(Oc2ncc(NC(=O)C(=O)NN)cc2Cl)CC1. The molecule has 136 valence electrons. The lowest BCUT2D eigenvalue weighted by atomic mass is 9.87. The first kappa shape index (κ1) is 18.9. The molecule has 0 bridgehead atoms. The van der Waals surface area contributed by atoms with E-state index in [9.17, 15) is 14.4 Å². The third-order valence-electron chi connectivity index (χ3n) is 3.89. The molecular weight excluding hydrogens is 352 g/mol. The normalized spacial score (nSPS) is 19.6. The molecule has 0 saturated heterocycles. The summed E-state index contributed by atoms with van der Waals surface area (Å²) in [6, 6.07) is 1.42. The Morgan fingerprint density at radius 2 is 1.92 bits per heavy atom. The van der Waals surface area contributed by atoms with Crippen molar-refractivity contribution in [1.29, 1.82) is 0 Å². The molecule has 10 heteroatoms. The van der Waals surface area contributed by atoms with Crippen LogP contribution in [-0.4, -0.2) is 36.0 Å². The Morgan fingerprint density at radius 1 is 1.24 bits per heavy atom. The Hall–Kier alpha value is -2.39. The molecule has 0 aliphatic heterocycles. The number of carbonyl (C=O) groups excluding carboxylic acids is 3. The summed E-state index contributed by atoms with van der Waals surface area (Å²) in [5.74, 6) is 2.88. The Bertz CT molecular complexity index is 661. The number of amides is 2. The molecule has 2 amide bonds. The largest absolute Gasteiger partial charge is 0.473 e. The zero-order valence-corrected chi connectivity index (χ0v) is 14.3. The number of esters is 1. The van der Waals surface area contributed by atoms with E-state index in [0.717, 1.165) is 0 Å². The van der Waals surface area contributed by atoms with Gasteiger partial charge in [-0.3, -0.25) is 19.8 Å². The van der Waals surface area contributed by atoms with Gasteiger partial charge in [-0.2, -0.15) is 0 Å². The molecule has 2 rings (SSSR count). The molecule has 4 N–H and O–H groups in total. The molecule has 0 aromatic carbocycles. The average molecular weight is 371 g/mol. The van der Waals surface area contributed by atoms with Crippen LogP contribution in [0, 0.1) is 5.92 Å². The smallest absolute Gasteiger partial charge is 0.323 e. The molecule has 0 spiro atoms. The number of halogens is 1. The van der Waals surface area contributed by atoms with Gasteiger partial charge in [-0.15, -0.1) is 0 Å². The highest BCUT2D eigenvalue weighted by molar-refractivity contribution is 6.39. The van der Waals surface area contributed by atoms with Crippen molar-refractivity contribution < 1.29 is 23.9 Å². The number of nitrogens with one attached hydrogen (secondary N) is 2. The van der Waals surface area contributed by atoms with Crippen LogP contribution in [0.15, 0.2) is 12.3 Å². The summed E-state index contributed by atoms with van der Waals surface area (Å²) < 4.78 is 10.5. The van der Waals surface area contributed by atoms with Crippen LogP contribution in [0.5, 0.6) is 5.88 Å². The van der Waals surface area contributed by atoms with Crippen molar-refractivity contribution in [2.24, 2.45) is 11.8 Å². The minimum absolute atomic E-state index is 0.0976. The van der Waals surface area contributed by atoms with E-state index in [1.807, 2.05) is 0 Å². The maximum atomic E-state index is 11.5. The van der Waals surface area contributed by atoms with E-state index in [2.05, 4.69) is 10.3 Å². The van der Waals surface area contributed by atoms with Gasteiger partial charge in [0.1, 0.15) is 11.1 Å². The Kier molecular flexibility index (Phi) is 6.54. The second-order valence-corrected chi connectivity index (χ2v) is 5.96. The van der Waals surface area contributed by atoms with Crippen molar-refractivity contribution in [1.82, 2.24) is 10.4 Å². The van der Waals surface area contributed by atoms with Crippen LogP contribution in [0.25, 0.3) is 0 Å². The van der Waals surface area contributed by atoms with Crippen molar-refractivity contribution in [3.8, 4) is 5.88 Å². The highest BCUT2D eigenvalue weighted by atomic mass is 35.5. The molecule has 0 unspecified atom stereocenters. The van der Waals surface area contributed by atoms with Crippen LogP contribution in [0.4, 0.5) is 5.69 Å². The van der Waals surface area contributed by atoms with Gasteiger partial charge < -0.3 is 14.8 Å². The number of carbonyl (C=O) groups is 3. The maximum Gasteiger partial charge on any atom is 0.323 e. The Morgan fingerprint density at radius 3 is 2.48 bits per heavy atom. The molecule has 1 aliphatic carbocycles. The van der Waals surface area contributed by atoms with Gasteiger partial charge in [0.15, 0.2) is 0 Å². The molecule has 25 heavy (non-hydrogen) atoms. The van der Waals surface area contributed by atoms with Crippen LogP contribution in [0.2, 0.25) is 5.02 Å². The van der Waals surface area contributed by atoms with Gasteiger partial charge in [-0.25, -0.2) is 10.8 Å². The lowest BCUT2D eigenvalue weighted by molar-refractivity contribution is -0.147. The molecule has 1 heterocycles. The van der Waals surface area contributed by atoms with E-state index in [1.54, 1.807) is 5.43 Å². The van der Waals surface area contributed by atoms with Gasteiger partial charge in [-0.1, -0.05) is 11.6 Å². The molecule has 1 saturated carbocycles. The molecule has 1 aromatic rings. The van der Waals surface area contributed by atoms with E-state index in [-0.39, 0.29) is 34.6 Å². The lowest BCUT2D eigenvalue weighted by Gasteiger charge is -2.27. The van der Waals surface area contributed by atoms with Gasteiger partial charge in [0.05, 0.1) is 24.9 Å². The molecule has 9 nitrogen and oxygen atoms in total. The van der Waals surface area contributed by atoms with E-state index >= 15 is 0 Å². The number of hydrogen-bond donors (Lipinski definition) is 3. The molecule has 0 radical (unpaired) electrons. The topological polar surface area (TPSA) is 133 Å². The number of pyridine rings is 1. The summed E-state index contributed by atoms with van der Waals surface area (Å²) in [5, 5.41) is 2.50. The summed E-state index contributed by atoms with van der Waals surface area (Å²) in [6.07, 6.45) is 3.95. The van der Waals surface area contributed by atoms with Crippen molar-refractivity contribution in [3.63, 3.8) is 0 Å². The predicted molar refractivity (Wildman–Crippen MR) is 88.6 cm³/mol. The minimum atomic E-state index is -0.987. The fraction of sp³-hybridized carbons (Fsp3) is 0.467. The van der Waals surface area contributed by atoms with E-state index < -0.39 is 11.8 Å². The first-order valence-corrected chi connectivity index (χ1v) is 8.04. The number of nitrogens with zero attached hydrogens (tertiary/aromatic N) is 1. The van der Waals surface area contributed by atoms with Crippen molar-refractivity contribution in [2.75, 3.05) is 12.4 Å². The van der Waals surface area contributed by atoms with E-state index in [4.69, 9.17) is 26.9 Å². The molecular formula is C15H19ClN4O5. The number of hydrogen-bond acceptors (Lipinski definition) is 7. The number of anilines is 1. The average Bonchev–Trinajstić information content (AvgIpc) is 2.63. The zero-order chi connectivity index (χ0) is 18.4. The van der Waals surface area contributed by atoms with Crippen LogP contribution >= 0.6 is 11.6 Å². The number of ether oxygens (including phenoxy) is 2. The van der Waals surface area contributed by atoms with Gasteiger partial charge in [0, 0.05) is 0 Å². The highest BCUT2D eigenvalue weighted by Crippen LogP contribution is 2.31. The quantitative estimate of drug-likeness (QED) is 0.234. The molecule has 1 aromatic heterocycles. The molecule has 0 atom stereocenters. The summed E-state index contributed by atoms with van der Waals surface area (Å²) >= 11 is 6.11. The Balaban J connectivity index is 1.92. The van der Waals surface area contributed by atoms with Gasteiger partial charge in [0.2, 0.25) is 5.88 Å². The summed E-state index contributed by atoms with van der Waals surface area (Å²) in [4.78, 5) is 38.1. The number of hydrazine groups is 1. The number of nitrogens with two attached hydrogens (primary N) is 1. The van der Waals surface area contributed by atoms with Gasteiger partial charge in [0.25, 0.3) is 0 Å². The zero-order valence-electron chi connectivity index (χ0n) is 13.6. The first-order chi connectivity index (χ1) is 11.9. The monoisotopic (exact) mass is 370 g/mol. The van der Waals surface area contributed by atoms with Crippen LogP contribution in [0.1, 0.15) is 25.7 Å². The van der Waals surface area contributed by atoms with Crippen LogP contribution in [0.3, 0.4) is 0 Å². The second kappa shape index (κ2) is 8.63. The van der Waals surface area contributed by atoms with Crippen molar-refractivity contribution >= 4 is 35.1 Å². The van der Waals surface area contributed by atoms with Crippen molar-refractivity contribution in [3.05, 3.63) is 17.3 Å². The number of aromatic nitrogens is 1. The summed E-state index contributed by atoms with van der Waals surface area (Å²) in [5.41, 5.74) is 1.96. The third kappa shape index (κ3) is 5.04. The highest BCUT2D eigenvalue weighted by Gasteiger charge is 2.28. The van der Waals surface area contributed by atoms with Crippen LogP contribution < -0.4 is 21.3 Å². The fourth-order valence-corrected chi connectivity index (χ4v) is 2.79. The summed E-state index contributed by atoms with van der Waals surface area (Å²) in [6.45, 7) is 0. The minimum Gasteiger partial charge on any atom is -0.473 e. The Labute approximate surface area is 149 Å². The van der Waals surface area contributed by atoms with E-state index in [1.165, 1.54) is 19.4 Å². The number of methoxy groups -OCH3 is 1. The standard InChI is InChI=1S/C15H19ClN4O5/c1-24-15(23)8-2-4-10(5-3-8)25-14-11(16)6-9(7-18-14)19-12(21)13(22)20-17/h6-8,10H,2-5,17H2,1H3,(H,19,21)(H,20,22). The lowest BCUT2D eigenvalue weighted by Crippen LogP contribution is -2.39. The number of rotatable bonds is 4. The summed E-state index contributed by atoms with van der Waals surface area (Å²) in [7, 11) is 1.38. The first-order valence-electron chi connectivity index (χ1n) is 7.66. The van der Waals surface area contributed by atoms with Gasteiger partial charge >= 0.3 is 17.8 Å². The van der Waals surface area contributed by atoms with Gasteiger partial charge in [-0.05, 0) is 31.7 Å².